The van der Waals surface area contributed by atoms with E-state index in [1.54, 1.807) is 0 Å². The maximum Gasteiger partial charge on any atom is 0.0438 e. The smallest absolute Gasteiger partial charge is 0.0438 e. The van der Waals surface area contributed by atoms with Crippen molar-refractivity contribution in [3.63, 3.8) is 0 Å². The van der Waals surface area contributed by atoms with Crippen LogP contribution in [0.1, 0.15) is 24.0 Å². The molecule has 0 atom stereocenters. The van der Waals surface area contributed by atoms with Crippen LogP contribution >= 0.6 is 24.0 Å². The summed E-state index contributed by atoms with van der Waals surface area (Å²) < 4.78 is 0. The summed E-state index contributed by atoms with van der Waals surface area (Å²) in [4.78, 5) is 0. The van der Waals surface area contributed by atoms with Crippen LogP contribution < -0.4 is 5.73 Å². The summed E-state index contributed by atoms with van der Waals surface area (Å²) in [6.07, 6.45) is 2.18. The summed E-state index contributed by atoms with van der Waals surface area (Å²) in [7, 11) is 0. The molecule has 2 rings (SSSR count). The number of nitrogens with two attached hydrogens (primary N) is 1. The van der Waals surface area contributed by atoms with Gasteiger partial charge in [0.05, 0.1) is 0 Å². The minimum Gasteiger partial charge on any atom is -0.321 e. The Labute approximate surface area is 89.7 Å². The van der Waals surface area contributed by atoms with Crippen molar-refractivity contribution in [1.29, 1.82) is 0 Å². The lowest BCUT2D eigenvalue weighted by Crippen LogP contribution is -2.19. The minimum absolute atomic E-state index is 0. The van der Waals surface area contributed by atoms with Gasteiger partial charge in [-0.3, -0.25) is 0 Å². The summed E-state index contributed by atoms with van der Waals surface area (Å²) in [5, 5.41) is 0.823. The maximum atomic E-state index is 6.08. The van der Waals surface area contributed by atoms with Crippen LogP contribution in [0.2, 0.25) is 5.02 Å². The lowest BCUT2D eigenvalue weighted by molar-refractivity contribution is 0.733. The Kier molecular flexibility index (Phi) is 2.91. The fraction of sp³-hybridized carbons (Fsp3) is 0.400. The number of benzene rings is 1. The van der Waals surface area contributed by atoms with E-state index in [1.165, 1.54) is 5.56 Å². The predicted octanol–water partition coefficient (Wildman–Crippen LogP) is 3.02. The molecule has 13 heavy (non-hydrogen) atoms. The van der Waals surface area contributed by atoms with Crippen molar-refractivity contribution in [3.05, 3.63) is 34.3 Å². The summed E-state index contributed by atoms with van der Waals surface area (Å²) in [6.45, 7) is 2.03. The van der Waals surface area contributed by atoms with Gasteiger partial charge in [-0.1, -0.05) is 23.7 Å². The SMILES string of the molecule is Cc1c(Cl)cccc1C1(N)CC1.Cl. The van der Waals surface area contributed by atoms with E-state index in [4.69, 9.17) is 17.3 Å². The van der Waals surface area contributed by atoms with Gasteiger partial charge in [0, 0.05) is 10.6 Å². The van der Waals surface area contributed by atoms with Gasteiger partial charge in [-0.15, -0.1) is 12.4 Å². The Morgan fingerprint density at radius 2 is 2.00 bits per heavy atom. The zero-order chi connectivity index (χ0) is 8.77. The minimum atomic E-state index is -0.0605. The van der Waals surface area contributed by atoms with Gasteiger partial charge in [0.25, 0.3) is 0 Å². The first-order valence-electron chi connectivity index (χ1n) is 4.18. The van der Waals surface area contributed by atoms with Crippen LogP contribution in [0.25, 0.3) is 0 Å². The molecule has 1 aromatic rings. The van der Waals surface area contributed by atoms with E-state index in [0.717, 1.165) is 23.4 Å². The van der Waals surface area contributed by atoms with Gasteiger partial charge in [-0.05, 0) is 37.0 Å². The van der Waals surface area contributed by atoms with Gasteiger partial charge in [0.1, 0.15) is 0 Å². The van der Waals surface area contributed by atoms with Crippen LogP contribution in [0.4, 0.5) is 0 Å². The highest BCUT2D eigenvalue weighted by Gasteiger charge is 2.41. The molecule has 1 aliphatic carbocycles. The first-order valence-corrected chi connectivity index (χ1v) is 4.56. The Bertz CT molecular complexity index is 319. The average molecular weight is 218 g/mol. The lowest BCUT2D eigenvalue weighted by Gasteiger charge is -2.13. The zero-order valence-corrected chi connectivity index (χ0v) is 9.08. The van der Waals surface area contributed by atoms with Crippen molar-refractivity contribution < 1.29 is 0 Å². The Hall–Kier alpha value is -0.240. The van der Waals surface area contributed by atoms with Gasteiger partial charge >= 0.3 is 0 Å². The standard InChI is InChI=1S/C10H12ClN.ClH/c1-7-8(10(12)5-6-10)3-2-4-9(7)11;/h2-4H,5-6,12H2,1H3;1H. The molecule has 1 fully saturated rings. The molecule has 1 saturated carbocycles. The largest absolute Gasteiger partial charge is 0.321 e. The molecule has 0 aliphatic heterocycles. The van der Waals surface area contributed by atoms with Crippen LogP contribution in [0, 0.1) is 6.92 Å². The molecular weight excluding hydrogens is 205 g/mol. The van der Waals surface area contributed by atoms with Crippen molar-refractivity contribution in [2.75, 3.05) is 0 Å². The highest BCUT2D eigenvalue weighted by atomic mass is 35.5. The molecule has 0 aromatic heterocycles. The summed E-state index contributed by atoms with van der Waals surface area (Å²) in [5.74, 6) is 0. The third kappa shape index (κ3) is 1.83. The maximum absolute atomic E-state index is 6.08. The molecule has 0 saturated heterocycles. The number of hydrogen-bond donors (Lipinski definition) is 1. The second-order valence-corrected chi connectivity index (χ2v) is 3.98. The number of hydrogen-bond acceptors (Lipinski definition) is 1. The second kappa shape index (κ2) is 3.49. The van der Waals surface area contributed by atoms with Crippen molar-refractivity contribution in [1.82, 2.24) is 0 Å². The molecule has 72 valence electrons. The van der Waals surface area contributed by atoms with Crippen LogP contribution in [-0.2, 0) is 5.54 Å². The Morgan fingerprint density at radius 1 is 1.38 bits per heavy atom. The number of halogens is 2. The summed E-state index contributed by atoms with van der Waals surface area (Å²) >= 11 is 5.99. The van der Waals surface area contributed by atoms with Crippen molar-refractivity contribution in [2.45, 2.75) is 25.3 Å². The fourth-order valence-electron chi connectivity index (χ4n) is 1.55. The molecule has 0 amide bonds. The third-order valence-corrected chi connectivity index (χ3v) is 3.00. The third-order valence-electron chi connectivity index (χ3n) is 2.59. The van der Waals surface area contributed by atoms with Crippen LogP contribution in [0.3, 0.4) is 0 Å². The first-order chi connectivity index (χ1) is 5.63. The monoisotopic (exact) mass is 217 g/mol. The van der Waals surface area contributed by atoms with Gasteiger partial charge in [-0.25, -0.2) is 0 Å². The van der Waals surface area contributed by atoms with Crippen molar-refractivity contribution >= 4 is 24.0 Å². The van der Waals surface area contributed by atoms with Crippen molar-refractivity contribution in [2.24, 2.45) is 5.73 Å². The van der Waals surface area contributed by atoms with E-state index in [-0.39, 0.29) is 17.9 Å². The zero-order valence-electron chi connectivity index (χ0n) is 7.51. The molecule has 0 bridgehead atoms. The summed E-state index contributed by atoms with van der Waals surface area (Å²) in [5.41, 5.74) is 8.37. The normalized spacial score (nSPS) is 17.8. The van der Waals surface area contributed by atoms with E-state index < -0.39 is 0 Å². The Balaban J connectivity index is 0.000000845. The molecule has 1 nitrogen and oxygen atoms in total. The van der Waals surface area contributed by atoms with Crippen molar-refractivity contribution in [3.8, 4) is 0 Å². The van der Waals surface area contributed by atoms with E-state index in [0.29, 0.717) is 0 Å². The molecule has 1 aromatic carbocycles. The highest BCUT2D eigenvalue weighted by Crippen LogP contribution is 2.44. The van der Waals surface area contributed by atoms with Crippen LogP contribution in [-0.4, -0.2) is 0 Å². The first kappa shape index (κ1) is 10.8. The molecular formula is C10H13Cl2N. The predicted molar refractivity (Wildman–Crippen MR) is 58.5 cm³/mol. The quantitative estimate of drug-likeness (QED) is 0.770. The highest BCUT2D eigenvalue weighted by molar-refractivity contribution is 6.31. The van der Waals surface area contributed by atoms with Gasteiger partial charge in [-0.2, -0.15) is 0 Å². The molecule has 0 radical (unpaired) electrons. The van der Waals surface area contributed by atoms with E-state index >= 15 is 0 Å². The van der Waals surface area contributed by atoms with Gasteiger partial charge < -0.3 is 5.73 Å². The molecule has 1 aliphatic rings. The topological polar surface area (TPSA) is 26.0 Å². The molecule has 0 spiro atoms. The lowest BCUT2D eigenvalue weighted by atomic mass is 10.0. The molecule has 0 heterocycles. The molecule has 3 heteroatoms. The Morgan fingerprint density at radius 3 is 2.54 bits per heavy atom. The van der Waals surface area contributed by atoms with Crippen LogP contribution in [0.15, 0.2) is 18.2 Å². The van der Waals surface area contributed by atoms with E-state index in [1.807, 2.05) is 19.1 Å². The second-order valence-electron chi connectivity index (χ2n) is 3.57. The molecule has 2 N–H and O–H groups in total. The van der Waals surface area contributed by atoms with E-state index in [2.05, 4.69) is 6.07 Å². The average Bonchev–Trinajstić information content (AvgIpc) is 2.75. The van der Waals surface area contributed by atoms with Gasteiger partial charge in [0.2, 0.25) is 0 Å². The van der Waals surface area contributed by atoms with Crippen LogP contribution in [0.5, 0.6) is 0 Å². The fourth-order valence-corrected chi connectivity index (χ4v) is 1.73. The van der Waals surface area contributed by atoms with Gasteiger partial charge in [0.15, 0.2) is 0 Å². The van der Waals surface area contributed by atoms with E-state index in [9.17, 15) is 0 Å². The summed E-state index contributed by atoms with van der Waals surface area (Å²) in [6, 6.07) is 5.96. The number of rotatable bonds is 1. The molecule has 0 unspecified atom stereocenters.